The highest BCUT2D eigenvalue weighted by Crippen LogP contribution is 2.08. The Morgan fingerprint density at radius 1 is 1.33 bits per heavy atom. The molecular weight excluding hydrogens is 192 g/mol. The van der Waals surface area contributed by atoms with E-state index in [-0.39, 0.29) is 0 Å². The molecule has 0 aliphatic carbocycles. The standard InChI is InChI=1S/C11H18N2O2/c1-2-14-6-3-7-15-11-5-4-10(8-12)13-9-11/h4-5,9H,2-3,6-8,12H2,1H3. The Hall–Kier alpha value is -1.13. The fourth-order valence-electron chi connectivity index (χ4n) is 1.11. The van der Waals surface area contributed by atoms with Crippen LogP contribution in [0.25, 0.3) is 0 Å². The van der Waals surface area contributed by atoms with Gasteiger partial charge in [-0.15, -0.1) is 0 Å². The summed E-state index contributed by atoms with van der Waals surface area (Å²) in [5.74, 6) is 0.781. The second-order valence-electron chi connectivity index (χ2n) is 3.09. The molecule has 15 heavy (non-hydrogen) atoms. The number of nitrogens with two attached hydrogens (primary N) is 1. The largest absolute Gasteiger partial charge is 0.492 e. The van der Waals surface area contributed by atoms with Gasteiger partial charge in [0.1, 0.15) is 5.75 Å². The Bertz CT molecular complexity index is 262. The molecule has 84 valence electrons. The van der Waals surface area contributed by atoms with E-state index in [1.165, 1.54) is 0 Å². The Balaban J connectivity index is 2.20. The maximum atomic E-state index is 5.47. The molecule has 1 rings (SSSR count). The van der Waals surface area contributed by atoms with Crippen LogP contribution in [-0.2, 0) is 11.3 Å². The molecule has 0 spiro atoms. The summed E-state index contributed by atoms with van der Waals surface area (Å²) in [4.78, 5) is 4.13. The highest BCUT2D eigenvalue weighted by molar-refractivity contribution is 5.19. The molecule has 0 aromatic carbocycles. The van der Waals surface area contributed by atoms with E-state index >= 15 is 0 Å². The highest BCUT2D eigenvalue weighted by Gasteiger charge is 1.95. The SMILES string of the molecule is CCOCCCOc1ccc(CN)nc1. The van der Waals surface area contributed by atoms with Crippen molar-refractivity contribution >= 4 is 0 Å². The van der Waals surface area contributed by atoms with E-state index in [9.17, 15) is 0 Å². The van der Waals surface area contributed by atoms with Gasteiger partial charge in [0.15, 0.2) is 0 Å². The van der Waals surface area contributed by atoms with Crippen molar-refractivity contribution in [1.82, 2.24) is 4.98 Å². The molecule has 1 heterocycles. The molecule has 0 amide bonds. The van der Waals surface area contributed by atoms with Crippen LogP contribution in [0.2, 0.25) is 0 Å². The van der Waals surface area contributed by atoms with Crippen LogP contribution in [0.1, 0.15) is 19.0 Å². The van der Waals surface area contributed by atoms with Crippen molar-refractivity contribution < 1.29 is 9.47 Å². The van der Waals surface area contributed by atoms with Crippen molar-refractivity contribution in [2.45, 2.75) is 19.9 Å². The van der Waals surface area contributed by atoms with Gasteiger partial charge in [0, 0.05) is 26.2 Å². The van der Waals surface area contributed by atoms with Gasteiger partial charge in [0.25, 0.3) is 0 Å². The number of nitrogens with zero attached hydrogens (tertiary/aromatic N) is 1. The van der Waals surface area contributed by atoms with Crippen LogP contribution in [0.4, 0.5) is 0 Å². The first-order valence-electron chi connectivity index (χ1n) is 5.22. The van der Waals surface area contributed by atoms with Gasteiger partial charge in [-0.2, -0.15) is 0 Å². The van der Waals surface area contributed by atoms with Gasteiger partial charge in [-0.3, -0.25) is 4.98 Å². The molecule has 0 unspecified atom stereocenters. The number of rotatable bonds is 7. The predicted octanol–water partition coefficient (Wildman–Crippen LogP) is 1.35. The van der Waals surface area contributed by atoms with E-state index < -0.39 is 0 Å². The summed E-state index contributed by atoms with van der Waals surface area (Å²) in [5.41, 5.74) is 6.31. The molecule has 2 N–H and O–H groups in total. The Kier molecular flexibility index (Phi) is 5.73. The lowest BCUT2D eigenvalue weighted by Gasteiger charge is -2.06. The molecule has 0 bridgehead atoms. The van der Waals surface area contributed by atoms with Crippen molar-refractivity contribution in [3.63, 3.8) is 0 Å². The van der Waals surface area contributed by atoms with Crippen molar-refractivity contribution in [2.24, 2.45) is 5.73 Å². The molecule has 4 heteroatoms. The third kappa shape index (κ3) is 4.76. The third-order valence-corrected chi connectivity index (χ3v) is 1.91. The van der Waals surface area contributed by atoms with Crippen LogP contribution in [0.15, 0.2) is 18.3 Å². The zero-order valence-corrected chi connectivity index (χ0v) is 9.11. The van der Waals surface area contributed by atoms with Gasteiger partial charge in [-0.1, -0.05) is 0 Å². The number of pyridine rings is 1. The van der Waals surface area contributed by atoms with Gasteiger partial charge >= 0.3 is 0 Å². The lowest BCUT2D eigenvalue weighted by atomic mass is 10.3. The maximum Gasteiger partial charge on any atom is 0.137 e. The Morgan fingerprint density at radius 3 is 2.80 bits per heavy atom. The summed E-state index contributed by atoms with van der Waals surface area (Å²) in [5, 5.41) is 0. The fourth-order valence-corrected chi connectivity index (χ4v) is 1.11. The summed E-state index contributed by atoms with van der Waals surface area (Å²) in [6.45, 7) is 4.60. The maximum absolute atomic E-state index is 5.47. The van der Waals surface area contributed by atoms with Gasteiger partial charge < -0.3 is 15.2 Å². The summed E-state index contributed by atoms with van der Waals surface area (Å²) in [6.07, 6.45) is 2.59. The molecule has 0 aliphatic rings. The van der Waals surface area contributed by atoms with Crippen LogP contribution >= 0.6 is 0 Å². The minimum atomic E-state index is 0.463. The number of hydrogen-bond donors (Lipinski definition) is 1. The summed E-state index contributed by atoms with van der Waals surface area (Å²) in [6, 6.07) is 3.76. The van der Waals surface area contributed by atoms with E-state index in [4.69, 9.17) is 15.2 Å². The second kappa shape index (κ2) is 7.20. The van der Waals surface area contributed by atoms with Crippen molar-refractivity contribution in [1.29, 1.82) is 0 Å². The van der Waals surface area contributed by atoms with Crippen molar-refractivity contribution in [3.05, 3.63) is 24.0 Å². The van der Waals surface area contributed by atoms with Gasteiger partial charge in [0.05, 0.1) is 18.5 Å². The Morgan fingerprint density at radius 2 is 2.20 bits per heavy atom. The zero-order chi connectivity index (χ0) is 10.9. The normalized spacial score (nSPS) is 10.3. The molecule has 1 aromatic rings. The first kappa shape index (κ1) is 11.9. The second-order valence-corrected chi connectivity index (χ2v) is 3.09. The average Bonchev–Trinajstić information content (AvgIpc) is 2.30. The lowest BCUT2D eigenvalue weighted by molar-refractivity contribution is 0.131. The first-order chi connectivity index (χ1) is 7.36. The van der Waals surface area contributed by atoms with Crippen LogP contribution in [0.5, 0.6) is 5.75 Å². The van der Waals surface area contributed by atoms with Crippen LogP contribution in [0.3, 0.4) is 0 Å². The lowest BCUT2D eigenvalue weighted by Crippen LogP contribution is -2.04. The molecule has 4 nitrogen and oxygen atoms in total. The molecule has 1 aromatic heterocycles. The fraction of sp³-hybridized carbons (Fsp3) is 0.545. The van der Waals surface area contributed by atoms with E-state index in [1.54, 1.807) is 6.20 Å². The molecule has 0 saturated carbocycles. The number of aromatic nitrogens is 1. The van der Waals surface area contributed by atoms with E-state index in [2.05, 4.69) is 4.98 Å². The van der Waals surface area contributed by atoms with E-state index in [0.29, 0.717) is 13.2 Å². The number of ether oxygens (including phenoxy) is 2. The monoisotopic (exact) mass is 210 g/mol. The van der Waals surface area contributed by atoms with Crippen LogP contribution < -0.4 is 10.5 Å². The topological polar surface area (TPSA) is 57.4 Å². The summed E-state index contributed by atoms with van der Waals surface area (Å²) < 4.78 is 10.7. The molecular formula is C11H18N2O2. The van der Waals surface area contributed by atoms with E-state index in [0.717, 1.165) is 31.1 Å². The average molecular weight is 210 g/mol. The van der Waals surface area contributed by atoms with Crippen molar-refractivity contribution in [3.8, 4) is 5.75 Å². The minimum absolute atomic E-state index is 0.463. The Labute approximate surface area is 90.4 Å². The molecule has 0 radical (unpaired) electrons. The highest BCUT2D eigenvalue weighted by atomic mass is 16.5. The summed E-state index contributed by atoms with van der Waals surface area (Å²) in [7, 11) is 0. The quantitative estimate of drug-likeness (QED) is 0.690. The smallest absolute Gasteiger partial charge is 0.137 e. The minimum Gasteiger partial charge on any atom is -0.492 e. The predicted molar refractivity (Wildman–Crippen MR) is 58.7 cm³/mol. The van der Waals surface area contributed by atoms with Crippen molar-refractivity contribution in [2.75, 3.05) is 19.8 Å². The van der Waals surface area contributed by atoms with Gasteiger partial charge in [-0.05, 0) is 19.1 Å². The zero-order valence-electron chi connectivity index (χ0n) is 9.11. The van der Waals surface area contributed by atoms with E-state index in [1.807, 2.05) is 19.1 Å². The molecule has 0 aliphatic heterocycles. The molecule has 0 saturated heterocycles. The van der Waals surface area contributed by atoms with Crippen LogP contribution in [-0.4, -0.2) is 24.8 Å². The molecule has 0 atom stereocenters. The third-order valence-electron chi connectivity index (χ3n) is 1.91. The summed E-state index contributed by atoms with van der Waals surface area (Å²) >= 11 is 0. The molecule has 0 fully saturated rings. The van der Waals surface area contributed by atoms with Gasteiger partial charge in [-0.25, -0.2) is 0 Å². The van der Waals surface area contributed by atoms with Crippen LogP contribution in [0, 0.1) is 0 Å². The number of hydrogen-bond acceptors (Lipinski definition) is 4. The van der Waals surface area contributed by atoms with Gasteiger partial charge in [0.2, 0.25) is 0 Å². The first-order valence-corrected chi connectivity index (χ1v) is 5.22.